The molecule has 2 aromatic carbocycles. The molecule has 0 radical (unpaired) electrons. The highest BCUT2D eigenvalue weighted by molar-refractivity contribution is 7.99. The van der Waals surface area contributed by atoms with Crippen molar-refractivity contribution in [3.05, 3.63) is 83.8 Å². The largest absolute Gasteiger partial charge is 0.459 e. The van der Waals surface area contributed by atoms with Gasteiger partial charge in [0.15, 0.2) is 5.76 Å². The van der Waals surface area contributed by atoms with E-state index in [9.17, 15) is 9.59 Å². The number of furan rings is 1. The van der Waals surface area contributed by atoms with Gasteiger partial charge in [0.25, 0.3) is 11.8 Å². The van der Waals surface area contributed by atoms with Gasteiger partial charge in [-0.05, 0) is 43.3 Å². The van der Waals surface area contributed by atoms with Gasteiger partial charge in [-0.25, -0.2) is 0 Å². The summed E-state index contributed by atoms with van der Waals surface area (Å²) >= 11 is 1.68. The molecule has 5 nitrogen and oxygen atoms in total. The molecule has 3 aromatic rings. The molecule has 0 unspecified atom stereocenters. The number of carbonyl (C=O) groups is 2. The zero-order valence-electron chi connectivity index (χ0n) is 14.9. The first kappa shape index (κ1) is 18.8. The second-order valence-electron chi connectivity index (χ2n) is 5.89. The molecule has 0 fully saturated rings. The van der Waals surface area contributed by atoms with Crippen molar-refractivity contribution in [3.8, 4) is 0 Å². The Kier molecular flexibility index (Phi) is 6.33. The quantitative estimate of drug-likeness (QED) is 0.472. The normalized spacial score (nSPS) is 10.4. The molecule has 0 atom stereocenters. The molecule has 0 spiro atoms. The van der Waals surface area contributed by atoms with Crippen molar-refractivity contribution < 1.29 is 14.0 Å². The molecular formula is C21H20N2O3S. The molecule has 6 heteroatoms. The average Bonchev–Trinajstić information content (AvgIpc) is 3.22. The van der Waals surface area contributed by atoms with E-state index in [-0.39, 0.29) is 11.7 Å². The molecule has 2 amide bonds. The Morgan fingerprint density at radius 3 is 2.48 bits per heavy atom. The maximum atomic E-state index is 12.5. The predicted octanol–water partition coefficient (Wildman–Crippen LogP) is 4.36. The van der Waals surface area contributed by atoms with Gasteiger partial charge in [-0.1, -0.05) is 29.8 Å². The fourth-order valence-electron chi connectivity index (χ4n) is 2.44. The highest BCUT2D eigenvalue weighted by Gasteiger charge is 2.15. The van der Waals surface area contributed by atoms with E-state index in [0.717, 1.165) is 5.75 Å². The zero-order valence-corrected chi connectivity index (χ0v) is 15.7. The molecule has 0 aliphatic rings. The molecule has 2 N–H and O–H groups in total. The Labute approximate surface area is 162 Å². The highest BCUT2D eigenvalue weighted by Crippen LogP contribution is 2.18. The van der Waals surface area contributed by atoms with Gasteiger partial charge in [0.1, 0.15) is 0 Å². The third-order valence-corrected chi connectivity index (χ3v) is 4.86. The lowest BCUT2D eigenvalue weighted by Crippen LogP contribution is -2.27. The van der Waals surface area contributed by atoms with Crippen LogP contribution in [0.1, 0.15) is 26.5 Å². The Hall–Kier alpha value is -2.99. The summed E-state index contributed by atoms with van der Waals surface area (Å²) in [6.07, 6.45) is 1.43. The van der Waals surface area contributed by atoms with Crippen LogP contribution < -0.4 is 10.6 Å². The molecule has 1 heterocycles. The maximum Gasteiger partial charge on any atom is 0.291 e. The van der Waals surface area contributed by atoms with Gasteiger partial charge < -0.3 is 15.1 Å². The lowest BCUT2D eigenvalue weighted by Gasteiger charge is -2.11. The fourth-order valence-corrected chi connectivity index (χ4v) is 3.21. The van der Waals surface area contributed by atoms with E-state index in [1.54, 1.807) is 48.2 Å². The van der Waals surface area contributed by atoms with Crippen LogP contribution >= 0.6 is 11.8 Å². The number of hydrogen-bond acceptors (Lipinski definition) is 4. The molecule has 3 rings (SSSR count). The molecule has 0 saturated carbocycles. The van der Waals surface area contributed by atoms with E-state index in [4.69, 9.17) is 4.42 Å². The minimum Gasteiger partial charge on any atom is -0.459 e. The van der Waals surface area contributed by atoms with Crippen molar-refractivity contribution in [2.45, 2.75) is 11.8 Å². The van der Waals surface area contributed by atoms with Crippen LogP contribution in [0.4, 0.5) is 5.69 Å². The van der Waals surface area contributed by atoms with Gasteiger partial charge in [-0.3, -0.25) is 9.59 Å². The van der Waals surface area contributed by atoms with E-state index in [0.29, 0.717) is 17.8 Å². The van der Waals surface area contributed by atoms with Crippen LogP contribution in [0.5, 0.6) is 0 Å². The van der Waals surface area contributed by atoms with Crippen molar-refractivity contribution in [1.82, 2.24) is 5.32 Å². The standard InChI is InChI=1S/C21H20N2O3S/c1-15-8-10-16(11-9-15)27-14-12-22-20(24)17-5-2-3-6-18(17)23-21(25)19-7-4-13-26-19/h2-11,13H,12,14H2,1H3,(H,22,24)(H,23,25). The van der Waals surface area contributed by atoms with Crippen LogP contribution in [-0.2, 0) is 0 Å². The molecule has 138 valence electrons. The molecule has 0 aliphatic heterocycles. The smallest absolute Gasteiger partial charge is 0.291 e. The SMILES string of the molecule is Cc1ccc(SCCNC(=O)c2ccccc2NC(=O)c2ccco2)cc1. The third-order valence-electron chi connectivity index (χ3n) is 3.84. The number of hydrogen-bond donors (Lipinski definition) is 2. The number of rotatable bonds is 7. The van der Waals surface area contributed by atoms with Crippen LogP contribution in [0.3, 0.4) is 0 Å². The summed E-state index contributed by atoms with van der Waals surface area (Å²) in [5, 5.41) is 5.61. The number of carbonyl (C=O) groups excluding carboxylic acids is 2. The van der Waals surface area contributed by atoms with E-state index in [2.05, 4.69) is 41.8 Å². The van der Waals surface area contributed by atoms with Crippen molar-refractivity contribution in [2.75, 3.05) is 17.6 Å². The summed E-state index contributed by atoms with van der Waals surface area (Å²) < 4.78 is 5.08. The van der Waals surface area contributed by atoms with Gasteiger partial charge in [-0.15, -0.1) is 11.8 Å². The lowest BCUT2D eigenvalue weighted by molar-refractivity contribution is 0.0957. The van der Waals surface area contributed by atoms with Crippen molar-refractivity contribution >= 4 is 29.3 Å². The van der Waals surface area contributed by atoms with Gasteiger partial charge in [-0.2, -0.15) is 0 Å². The molecular weight excluding hydrogens is 360 g/mol. The minimum absolute atomic E-state index is 0.194. The molecule has 0 bridgehead atoms. The Balaban J connectivity index is 1.55. The predicted molar refractivity (Wildman–Crippen MR) is 107 cm³/mol. The molecule has 0 aliphatic carbocycles. The summed E-state index contributed by atoms with van der Waals surface area (Å²) in [7, 11) is 0. The van der Waals surface area contributed by atoms with Crippen LogP contribution in [0.2, 0.25) is 0 Å². The Bertz CT molecular complexity index is 905. The van der Waals surface area contributed by atoms with Gasteiger partial charge >= 0.3 is 0 Å². The van der Waals surface area contributed by atoms with E-state index < -0.39 is 5.91 Å². The highest BCUT2D eigenvalue weighted by atomic mass is 32.2. The van der Waals surface area contributed by atoms with Crippen LogP contribution in [0, 0.1) is 6.92 Å². The van der Waals surface area contributed by atoms with Crippen LogP contribution in [0.25, 0.3) is 0 Å². The van der Waals surface area contributed by atoms with Crippen molar-refractivity contribution in [3.63, 3.8) is 0 Å². The number of aryl methyl sites for hydroxylation is 1. The van der Waals surface area contributed by atoms with Gasteiger partial charge in [0.05, 0.1) is 17.5 Å². The Morgan fingerprint density at radius 1 is 0.963 bits per heavy atom. The fraction of sp³-hybridized carbons (Fsp3) is 0.143. The number of amides is 2. The second-order valence-corrected chi connectivity index (χ2v) is 7.06. The zero-order chi connectivity index (χ0) is 19.1. The number of para-hydroxylation sites is 1. The maximum absolute atomic E-state index is 12.5. The van der Waals surface area contributed by atoms with Gasteiger partial charge in [0, 0.05) is 17.2 Å². The topological polar surface area (TPSA) is 71.3 Å². The minimum atomic E-state index is -0.393. The first-order valence-electron chi connectivity index (χ1n) is 8.55. The number of anilines is 1. The number of benzene rings is 2. The Morgan fingerprint density at radius 2 is 1.74 bits per heavy atom. The number of thioether (sulfide) groups is 1. The van der Waals surface area contributed by atoms with E-state index >= 15 is 0 Å². The second kappa shape index (κ2) is 9.09. The molecule has 1 aromatic heterocycles. The monoisotopic (exact) mass is 380 g/mol. The first-order chi connectivity index (χ1) is 13.1. The van der Waals surface area contributed by atoms with E-state index in [1.807, 2.05) is 0 Å². The summed E-state index contributed by atoms with van der Waals surface area (Å²) in [6.45, 7) is 2.58. The third kappa shape index (κ3) is 5.24. The van der Waals surface area contributed by atoms with Crippen LogP contribution in [-0.4, -0.2) is 24.1 Å². The first-order valence-corrected chi connectivity index (χ1v) is 9.53. The summed E-state index contributed by atoms with van der Waals surface area (Å²) in [4.78, 5) is 25.8. The summed E-state index contributed by atoms with van der Waals surface area (Å²) in [5.41, 5.74) is 2.08. The van der Waals surface area contributed by atoms with Gasteiger partial charge in [0.2, 0.25) is 0 Å². The number of nitrogens with one attached hydrogen (secondary N) is 2. The van der Waals surface area contributed by atoms with Crippen molar-refractivity contribution in [1.29, 1.82) is 0 Å². The van der Waals surface area contributed by atoms with E-state index in [1.165, 1.54) is 16.7 Å². The summed E-state index contributed by atoms with van der Waals surface area (Å²) in [5.74, 6) is 0.333. The van der Waals surface area contributed by atoms with Crippen LogP contribution in [0.15, 0.2) is 76.2 Å². The lowest BCUT2D eigenvalue weighted by atomic mass is 10.1. The molecule has 27 heavy (non-hydrogen) atoms. The molecule has 0 saturated heterocycles. The van der Waals surface area contributed by atoms with Crippen molar-refractivity contribution in [2.24, 2.45) is 0 Å². The average molecular weight is 380 g/mol. The summed E-state index contributed by atoms with van der Waals surface area (Å²) in [6, 6.07) is 18.4.